The van der Waals surface area contributed by atoms with Gasteiger partial charge in [-0.1, -0.05) is 18.2 Å². The molecule has 144 valence electrons. The van der Waals surface area contributed by atoms with Crippen LogP contribution in [0, 0.1) is 17.0 Å². The number of hydrogen-bond acceptors (Lipinski definition) is 5. The Labute approximate surface area is 164 Å². The molecule has 28 heavy (non-hydrogen) atoms. The molecule has 1 fully saturated rings. The first-order valence-electron chi connectivity index (χ1n) is 9.67. The van der Waals surface area contributed by atoms with Gasteiger partial charge in [0.25, 0.3) is 5.69 Å². The fourth-order valence-electron chi connectivity index (χ4n) is 3.84. The lowest BCUT2D eigenvalue weighted by Crippen LogP contribution is -2.47. The SMILES string of the molecule is Cc1ccc2c(N3CCN(CCc4cccc([N+](=O)[O-])c4)CC3)cccc2n1. The zero-order valence-corrected chi connectivity index (χ0v) is 16.0. The predicted octanol–water partition coefficient (Wildman–Crippen LogP) is 3.82. The molecule has 0 aliphatic carbocycles. The highest BCUT2D eigenvalue weighted by molar-refractivity contribution is 5.92. The van der Waals surface area contributed by atoms with E-state index in [0.717, 1.165) is 55.9 Å². The molecular weight excluding hydrogens is 352 g/mol. The number of aromatic nitrogens is 1. The number of pyridine rings is 1. The minimum atomic E-state index is -0.331. The Balaban J connectivity index is 1.38. The lowest BCUT2D eigenvalue weighted by atomic mass is 10.1. The van der Waals surface area contributed by atoms with E-state index in [1.54, 1.807) is 18.2 Å². The molecule has 2 aromatic carbocycles. The zero-order chi connectivity index (χ0) is 19.5. The molecule has 0 saturated carbocycles. The Morgan fingerprint density at radius 1 is 1.04 bits per heavy atom. The molecular formula is C22H24N4O2. The standard InChI is InChI=1S/C22H24N4O2/c1-17-8-9-20-21(23-17)6-3-7-22(20)25-14-12-24(13-15-25)11-10-18-4-2-5-19(16-18)26(27)28/h2-9,16H,10-15H2,1H3. The van der Waals surface area contributed by atoms with Crippen molar-refractivity contribution in [1.29, 1.82) is 0 Å². The third-order valence-corrected chi connectivity index (χ3v) is 5.40. The molecule has 3 aromatic rings. The number of anilines is 1. The Hall–Kier alpha value is -2.99. The van der Waals surface area contributed by atoms with Crippen molar-refractivity contribution in [3.63, 3.8) is 0 Å². The second-order valence-corrected chi connectivity index (χ2v) is 7.30. The summed E-state index contributed by atoms with van der Waals surface area (Å²) in [5.41, 5.74) is 4.53. The highest BCUT2D eigenvalue weighted by Gasteiger charge is 2.19. The minimum Gasteiger partial charge on any atom is -0.368 e. The van der Waals surface area contributed by atoms with Crippen LogP contribution in [0.3, 0.4) is 0 Å². The quantitative estimate of drug-likeness (QED) is 0.500. The Kier molecular flexibility index (Phi) is 5.21. The minimum absolute atomic E-state index is 0.169. The van der Waals surface area contributed by atoms with Crippen molar-refractivity contribution in [2.45, 2.75) is 13.3 Å². The van der Waals surface area contributed by atoms with E-state index in [0.29, 0.717) is 0 Å². The van der Waals surface area contributed by atoms with Crippen LogP contribution in [-0.4, -0.2) is 47.5 Å². The van der Waals surface area contributed by atoms with Gasteiger partial charge < -0.3 is 4.90 Å². The fourth-order valence-corrected chi connectivity index (χ4v) is 3.84. The molecule has 0 N–H and O–H groups in total. The Bertz CT molecular complexity index is 997. The van der Waals surface area contributed by atoms with Gasteiger partial charge in [-0.2, -0.15) is 0 Å². The number of piperazine rings is 1. The van der Waals surface area contributed by atoms with Crippen molar-refractivity contribution in [1.82, 2.24) is 9.88 Å². The average Bonchev–Trinajstić information content (AvgIpc) is 2.72. The third-order valence-electron chi connectivity index (χ3n) is 5.40. The van der Waals surface area contributed by atoms with E-state index >= 15 is 0 Å². The van der Waals surface area contributed by atoms with Crippen LogP contribution in [0.2, 0.25) is 0 Å². The second kappa shape index (κ2) is 7.94. The third kappa shape index (κ3) is 3.97. The molecule has 0 unspecified atom stereocenters. The van der Waals surface area contributed by atoms with Crippen molar-refractivity contribution in [3.05, 3.63) is 76.0 Å². The van der Waals surface area contributed by atoms with Crippen molar-refractivity contribution in [3.8, 4) is 0 Å². The van der Waals surface area contributed by atoms with Gasteiger partial charge in [0.15, 0.2) is 0 Å². The monoisotopic (exact) mass is 376 g/mol. The molecule has 1 aliphatic rings. The van der Waals surface area contributed by atoms with E-state index in [-0.39, 0.29) is 10.6 Å². The molecule has 1 aliphatic heterocycles. The summed E-state index contributed by atoms with van der Waals surface area (Å²) >= 11 is 0. The zero-order valence-electron chi connectivity index (χ0n) is 16.0. The van der Waals surface area contributed by atoms with Crippen LogP contribution < -0.4 is 4.90 Å². The Morgan fingerprint density at radius 3 is 2.61 bits per heavy atom. The van der Waals surface area contributed by atoms with Gasteiger partial charge in [-0.25, -0.2) is 0 Å². The van der Waals surface area contributed by atoms with Gasteiger partial charge in [0.1, 0.15) is 0 Å². The van der Waals surface area contributed by atoms with Crippen LogP contribution >= 0.6 is 0 Å². The summed E-state index contributed by atoms with van der Waals surface area (Å²) in [4.78, 5) is 20.1. The number of benzene rings is 2. The molecule has 0 amide bonds. The number of aryl methyl sites for hydroxylation is 1. The largest absolute Gasteiger partial charge is 0.368 e. The molecule has 6 nitrogen and oxygen atoms in total. The first-order valence-corrected chi connectivity index (χ1v) is 9.67. The predicted molar refractivity (Wildman–Crippen MR) is 112 cm³/mol. The van der Waals surface area contributed by atoms with Crippen LogP contribution in [0.1, 0.15) is 11.3 Å². The van der Waals surface area contributed by atoms with E-state index in [1.807, 2.05) is 13.0 Å². The summed E-state index contributed by atoms with van der Waals surface area (Å²) in [5.74, 6) is 0. The van der Waals surface area contributed by atoms with Gasteiger partial charge in [0.2, 0.25) is 0 Å². The first kappa shape index (κ1) is 18.4. The highest BCUT2D eigenvalue weighted by Crippen LogP contribution is 2.27. The number of non-ortho nitro benzene ring substituents is 1. The van der Waals surface area contributed by atoms with Gasteiger partial charge in [0.05, 0.1) is 10.4 Å². The molecule has 6 heteroatoms. The summed E-state index contributed by atoms with van der Waals surface area (Å²) in [6, 6.07) is 17.5. The summed E-state index contributed by atoms with van der Waals surface area (Å²) in [6.45, 7) is 6.87. The molecule has 1 saturated heterocycles. The highest BCUT2D eigenvalue weighted by atomic mass is 16.6. The van der Waals surface area contributed by atoms with E-state index in [2.05, 4.69) is 45.1 Å². The first-order chi connectivity index (χ1) is 13.6. The smallest absolute Gasteiger partial charge is 0.269 e. The number of nitro benzene ring substituents is 1. The van der Waals surface area contributed by atoms with Gasteiger partial charge in [-0.3, -0.25) is 20.0 Å². The maximum absolute atomic E-state index is 10.9. The maximum atomic E-state index is 10.9. The van der Waals surface area contributed by atoms with E-state index in [4.69, 9.17) is 0 Å². The van der Waals surface area contributed by atoms with Crippen LogP contribution in [0.25, 0.3) is 10.9 Å². The lowest BCUT2D eigenvalue weighted by molar-refractivity contribution is -0.384. The van der Waals surface area contributed by atoms with Crippen LogP contribution in [0.15, 0.2) is 54.6 Å². The number of rotatable bonds is 5. The van der Waals surface area contributed by atoms with Gasteiger partial charge in [-0.05, 0) is 43.2 Å². The summed E-state index contributed by atoms with van der Waals surface area (Å²) in [5, 5.41) is 12.1. The van der Waals surface area contributed by atoms with E-state index in [1.165, 1.54) is 11.1 Å². The number of nitro groups is 1. The molecule has 2 heterocycles. The topological polar surface area (TPSA) is 62.5 Å². The van der Waals surface area contributed by atoms with E-state index in [9.17, 15) is 10.1 Å². The van der Waals surface area contributed by atoms with Gasteiger partial charge in [-0.15, -0.1) is 0 Å². The summed E-state index contributed by atoms with van der Waals surface area (Å²) in [6.07, 6.45) is 0.832. The van der Waals surface area contributed by atoms with Crippen LogP contribution in [0.4, 0.5) is 11.4 Å². The van der Waals surface area contributed by atoms with Crippen molar-refractivity contribution in [2.24, 2.45) is 0 Å². The van der Waals surface area contributed by atoms with Gasteiger partial charge >= 0.3 is 0 Å². The maximum Gasteiger partial charge on any atom is 0.269 e. The molecule has 0 radical (unpaired) electrons. The van der Waals surface area contributed by atoms with Crippen molar-refractivity contribution >= 4 is 22.3 Å². The fraction of sp³-hybridized carbons (Fsp3) is 0.318. The van der Waals surface area contributed by atoms with Crippen molar-refractivity contribution < 1.29 is 4.92 Å². The normalized spacial score (nSPS) is 15.1. The van der Waals surface area contributed by atoms with Gasteiger partial charge in [0, 0.05) is 61.6 Å². The Morgan fingerprint density at radius 2 is 1.82 bits per heavy atom. The second-order valence-electron chi connectivity index (χ2n) is 7.30. The number of fused-ring (bicyclic) bond motifs is 1. The number of nitrogens with zero attached hydrogens (tertiary/aromatic N) is 4. The van der Waals surface area contributed by atoms with Crippen LogP contribution in [0.5, 0.6) is 0 Å². The van der Waals surface area contributed by atoms with Crippen molar-refractivity contribution in [2.75, 3.05) is 37.6 Å². The summed E-state index contributed by atoms with van der Waals surface area (Å²) < 4.78 is 0. The molecule has 4 rings (SSSR count). The van der Waals surface area contributed by atoms with E-state index < -0.39 is 0 Å². The lowest BCUT2D eigenvalue weighted by Gasteiger charge is -2.36. The summed E-state index contributed by atoms with van der Waals surface area (Å²) in [7, 11) is 0. The molecule has 0 spiro atoms. The molecule has 0 bridgehead atoms. The molecule has 1 aromatic heterocycles. The average molecular weight is 376 g/mol. The van der Waals surface area contributed by atoms with Crippen LogP contribution in [-0.2, 0) is 6.42 Å². The number of hydrogen-bond donors (Lipinski definition) is 0. The molecule has 0 atom stereocenters.